The summed E-state index contributed by atoms with van der Waals surface area (Å²) in [6.45, 7) is 14.9. The molecule has 0 aromatic heterocycles. The fourth-order valence-electron chi connectivity index (χ4n) is 11.4. The van der Waals surface area contributed by atoms with Gasteiger partial charge in [0, 0.05) is 30.8 Å². The normalized spacial score (nSPS) is 31.4. The molecule has 344 valence electrons. The lowest BCUT2D eigenvalue weighted by atomic mass is 9.55. The topological polar surface area (TPSA) is 91.3 Å². The lowest BCUT2D eigenvalue weighted by Crippen LogP contribution is -2.70. The molecule has 1 N–H and O–H groups in total. The summed E-state index contributed by atoms with van der Waals surface area (Å²) in [5.74, 6) is -3.17. The molecule has 0 amide bonds. The van der Waals surface area contributed by atoms with E-state index in [1.807, 2.05) is 31.2 Å². The molecule has 2 aliphatic heterocycles. The molecule has 2 saturated heterocycles. The van der Waals surface area contributed by atoms with E-state index in [0.29, 0.717) is 24.0 Å². The monoisotopic (exact) mass is 847 g/mol. The second-order valence-electron chi connectivity index (χ2n) is 19.8. The summed E-state index contributed by atoms with van der Waals surface area (Å²) in [6.07, 6.45) is 44.5. The van der Waals surface area contributed by atoms with Gasteiger partial charge in [0.25, 0.3) is 0 Å². The molecule has 0 aromatic rings. The highest BCUT2D eigenvalue weighted by atomic mass is 16.9. The summed E-state index contributed by atoms with van der Waals surface area (Å²) < 4.78 is 26.8. The minimum Gasteiger partial charge on any atom is -0.461 e. The molecule has 8 unspecified atom stereocenters. The van der Waals surface area contributed by atoms with Crippen molar-refractivity contribution < 1.29 is 33.6 Å². The first-order valence-electron chi connectivity index (χ1n) is 25.4. The highest BCUT2D eigenvalue weighted by Gasteiger charge is 2.78. The second-order valence-corrected chi connectivity index (χ2v) is 19.8. The molecule has 7 nitrogen and oxygen atoms in total. The van der Waals surface area contributed by atoms with Crippen molar-refractivity contribution in [3.8, 4) is 0 Å². The van der Waals surface area contributed by atoms with Crippen molar-refractivity contribution in [2.75, 3.05) is 6.61 Å². The Morgan fingerprint density at radius 2 is 1.34 bits per heavy atom. The predicted octanol–water partition coefficient (Wildman–Crippen LogP) is 13.8. The van der Waals surface area contributed by atoms with Crippen molar-refractivity contribution in [1.82, 2.24) is 0 Å². The second kappa shape index (κ2) is 24.1. The maximum Gasteiger partial charge on any atom is 0.306 e. The summed E-state index contributed by atoms with van der Waals surface area (Å²) in [6, 6.07) is 0. The van der Waals surface area contributed by atoms with E-state index in [2.05, 4.69) is 39.5 Å². The zero-order valence-corrected chi connectivity index (χ0v) is 39.4. The van der Waals surface area contributed by atoms with Gasteiger partial charge in [0.05, 0.1) is 5.60 Å². The van der Waals surface area contributed by atoms with Crippen molar-refractivity contribution in [1.29, 1.82) is 0 Å². The molecule has 1 saturated carbocycles. The lowest BCUT2D eigenvalue weighted by Gasteiger charge is -2.58. The summed E-state index contributed by atoms with van der Waals surface area (Å²) in [5.41, 5.74) is -1.47. The van der Waals surface area contributed by atoms with Crippen LogP contribution < -0.4 is 0 Å². The van der Waals surface area contributed by atoms with E-state index in [1.54, 1.807) is 6.92 Å². The minimum atomic E-state index is -1.74. The molecular formula is C54H86O7. The molecule has 3 aliphatic carbocycles. The number of carbonyl (C=O) groups is 2. The number of allylic oxidation sites excluding steroid dienone is 3. The van der Waals surface area contributed by atoms with E-state index in [4.69, 9.17) is 18.9 Å². The van der Waals surface area contributed by atoms with E-state index in [0.717, 1.165) is 37.7 Å². The van der Waals surface area contributed by atoms with Crippen LogP contribution in [0.1, 0.15) is 214 Å². The van der Waals surface area contributed by atoms with Gasteiger partial charge in [0.15, 0.2) is 5.78 Å². The number of fused-ring (bicyclic) bond motifs is 2. The van der Waals surface area contributed by atoms with Gasteiger partial charge in [0.1, 0.15) is 23.9 Å². The SMILES string of the molecule is C=C(C)C12CC(C)C34OC(C=CC=CCCCCCCCCC)(OC1C3C=C(COC(=O)CCCCCCCCCCCCCCCCCCC)CC1(O)C(=O)C(C)=CC14)O2. The zero-order chi connectivity index (χ0) is 43.8. The van der Waals surface area contributed by atoms with Gasteiger partial charge in [-0.2, -0.15) is 0 Å². The van der Waals surface area contributed by atoms with Crippen LogP contribution in [0, 0.1) is 17.8 Å². The Labute approximate surface area is 371 Å². The number of rotatable bonds is 31. The third-order valence-electron chi connectivity index (χ3n) is 14.8. The first-order valence-corrected chi connectivity index (χ1v) is 25.4. The van der Waals surface area contributed by atoms with Crippen LogP contribution in [0.25, 0.3) is 0 Å². The third kappa shape index (κ3) is 12.3. The molecular weight excluding hydrogens is 761 g/mol. The standard InChI is InChI=1S/C54H86O7/c1-7-9-11-13-15-17-19-20-21-22-23-24-25-27-29-31-33-35-48(55)58-41-45-38-46-50-52(42(3)4)39-44(6)54(46,47-37-43(5)49(56)51(47,57)40-45)61-53(59-50,60-52)36-34-32-30-28-26-18-16-14-12-10-8-2/h30,32,34,36-38,44,46-47,50,57H,3,7-29,31,33,35,39-41H2,1-2,4-6H3. The van der Waals surface area contributed by atoms with Gasteiger partial charge in [-0.05, 0) is 62.2 Å². The van der Waals surface area contributed by atoms with E-state index in [-0.39, 0.29) is 36.6 Å². The Bertz CT molecular complexity index is 1540. The number of ether oxygens (including phenoxy) is 4. The fraction of sp³-hybridized carbons (Fsp3) is 0.778. The lowest BCUT2D eigenvalue weighted by molar-refractivity contribution is -0.398. The number of esters is 1. The van der Waals surface area contributed by atoms with E-state index < -0.39 is 34.8 Å². The van der Waals surface area contributed by atoms with Gasteiger partial charge in [-0.3, -0.25) is 9.59 Å². The molecule has 3 bridgehead atoms. The van der Waals surface area contributed by atoms with Gasteiger partial charge in [-0.1, -0.05) is 199 Å². The van der Waals surface area contributed by atoms with Crippen molar-refractivity contribution in [3.63, 3.8) is 0 Å². The number of hydrogen-bond acceptors (Lipinski definition) is 7. The first kappa shape index (κ1) is 49.7. The molecule has 7 heteroatoms. The number of Topliss-reactive ketones (excluding diaryl/α,β-unsaturated/α-hetero) is 1. The van der Waals surface area contributed by atoms with E-state index >= 15 is 0 Å². The van der Waals surface area contributed by atoms with Crippen LogP contribution in [-0.4, -0.2) is 52.3 Å². The molecule has 5 aliphatic rings. The van der Waals surface area contributed by atoms with Crippen LogP contribution in [0.15, 0.2) is 59.8 Å². The quantitative estimate of drug-likeness (QED) is 0.0321. The number of ketones is 1. The Hall–Kier alpha value is -2.32. The maximum atomic E-state index is 13.9. The third-order valence-corrected chi connectivity index (χ3v) is 14.8. The number of unbranched alkanes of at least 4 members (excludes halogenated alkanes) is 23. The Kier molecular flexibility index (Phi) is 19.6. The van der Waals surface area contributed by atoms with E-state index in [1.165, 1.54) is 128 Å². The van der Waals surface area contributed by atoms with Gasteiger partial charge in [-0.25, -0.2) is 0 Å². The van der Waals surface area contributed by atoms with Crippen molar-refractivity contribution >= 4 is 11.8 Å². The molecule has 0 aromatic carbocycles. The Balaban J connectivity index is 1.13. The largest absolute Gasteiger partial charge is 0.461 e. The van der Waals surface area contributed by atoms with Gasteiger partial charge >= 0.3 is 11.9 Å². The summed E-state index contributed by atoms with van der Waals surface area (Å²) in [5, 5.41) is 12.5. The maximum absolute atomic E-state index is 13.9. The summed E-state index contributed by atoms with van der Waals surface area (Å²) in [7, 11) is 0. The molecule has 3 fully saturated rings. The van der Waals surface area contributed by atoms with Crippen LogP contribution in [0.5, 0.6) is 0 Å². The van der Waals surface area contributed by atoms with Crippen LogP contribution in [0.4, 0.5) is 0 Å². The summed E-state index contributed by atoms with van der Waals surface area (Å²) >= 11 is 0. The molecule has 5 rings (SSSR count). The van der Waals surface area contributed by atoms with Crippen LogP contribution >= 0.6 is 0 Å². The van der Waals surface area contributed by atoms with E-state index in [9.17, 15) is 14.7 Å². The zero-order valence-electron chi connectivity index (χ0n) is 39.4. The first-order chi connectivity index (χ1) is 29.5. The Morgan fingerprint density at radius 1 is 0.803 bits per heavy atom. The number of hydrogen-bond donors (Lipinski definition) is 1. The molecule has 61 heavy (non-hydrogen) atoms. The van der Waals surface area contributed by atoms with Crippen LogP contribution in [0.3, 0.4) is 0 Å². The smallest absolute Gasteiger partial charge is 0.306 e. The van der Waals surface area contributed by atoms with Gasteiger partial charge < -0.3 is 24.1 Å². The van der Waals surface area contributed by atoms with Crippen molar-refractivity contribution in [2.45, 2.75) is 243 Å². The average molecular weight is 847 g/mol. The minimum absolute atomic E-state index is 0.0162. The molecule has 0 radical (unpaired) electrons. The summed E-state index contributed by atoms with van der Waals surface area (Å²) in [4.78, 5) is 27.0. The Morgan fingerprint density at radius 3 is 1.90 bits per heavy atom. The van der Waals surface area contributed by atoms with Crippen molar-refractivity contribution in [2.24, 2.45) is 17.8 Å². The number of carbonyl (C=O) groups excluding carboxylic acids is 2. The average Bonchev–Trinajstić information content (AvgIpc) is 3.55. The van der Waals surface area contributed by atoms with Gasteiger partial charge in [-0.15, -0.1) is 0 Å². The van der Waals surface area contributed by atoms with Gasteiger partial charge in [0.2, 0.25) is 0 Å². The van der Waals surface area contributed by atoms with Crippen LogP contribution in [0.2, 0.25) is 0 Å². The molecule has 8 atom stereocenters. The highest BCUT2D eigenvalue weighted by molar-refractivity contribution is 6.04. The van der Waals surface area contributed by atoms with Crippen LogP contribution in [-0.2, 0) is 28.5 Å². The highest BCUT2D eigenvalue weighted by Crippen LogP contribution is 2.68. The predicted molar refractivity (Wildman–Crippen MR) is 248 cm³/mol. The molecule has 0 spiro atoms. The fourth-order valence-corrected chi connectivity index (χ4v) is 11.4. The molecule has 2 heterocycles. The van der Waals surface area contributed by atoms with Crippen molar-refractivity contribution in [3.05, 3.63) is 59.8 Å². The number of aliphatic hydroxyl groups is 1.